The number of rotatable bonds is 3. The van der Waals surface area contributed by atoms with Crippen LogP contribution in [-0.2, 0) is 9.59 Å². The number of hydrogen-bond donors (Lipinski definition) is 3. The smallest absolute Gasteiger partial charge is 0.259 e. The number of nitrogens with two attached hydrogens (primary N) is 1. The molecule has 0 bridgehead atoms. The van der Waals surface area contributed by atoms with Gasteiger partial charge in [-0.25, -0.2) is 0 Å². The summed E-state index contributed by atoms with van der Waals surface area (Å²) < 4.78 is 0. The molecule has 0 saturated heterocycles. The third-order valence-electron chi connectivity index (χ3n) is 4.77. The zero-order chi connectivity index (χ0) is 19.5. The number of nitrogens with one attached hydrogen (secondary N) is 2. The fourth-order valence-electron chi connectivity index (χ4n) is 3.52. The highest BCUT2D eigenvalue weighted by Gasteiger charge is 2.33. The highest BCUT2D eigenvalue weighted by Crippen LogP contribution is 2.24. The molecule has 4 N–H and O–H groups in total. The summed E-state index contributed by atoms with van der Waals surface area (Å²) in [5.41, 5.74) is 6.33. The second kappa shape index (κ2) is 5.77. The Bertz CT molecular complexity index is 1210. The number of ketones is 2. The maximum absolute atomic E-state index is 12.7. The summed E-state index contributed by atoms with van der Waals surface area (Å²) in [6.45, 7) is 4.35. The molecule has 2 aromatic carbocycles. The molecule has 136 valence electrons. The molecule has 0 saturated carbocycles. The van der Waals surface area contributed by atoms with E-state index in [2.05, 4.69) is 10.6 Å². The standard InChI is InChI=1S/C20H17N3O4/c1-8(2)7-22-16-13-11(15(21)17(24)18(16)25)6-9-4-3-5-10-12(9)14(13)20(27)23-19(10)26/h3-6,8,22H,7,21H2,1-2H3,(H,23,26,27). The van der Waals surface area contributed by atoms with E-state index < -0.39 is 23.4 Å². The Labute approximate surface area is 153 Å². The average Bonchev–Trinajstić information content (AvgIpc) is 2.63. The molecule has 1 aliphatic heterocycles. The van der Waals surface area contributed by atoms with Gasteiger partial charge < -0.3 is 11.1 Å². The molecule has 0 fully saturated rings. The maximum atomic E-state index is 12.7. The van der Waals surface area contributed by atoms with Crippen LogP contribution in [0.5, 0.6) is 0 Å². The largest absolute Gasteiger partial charge is 0.395 e. The summed E-state index contributed by atoms with van der Waals surface area (Å²) in [7, 11) is 0. The molecule has 1 heterocycles. The van der Waals surface area contributed by atoms with Gasteiger partial charge in [0.25, 0.3) is 23.4 Å². The van der Waals surface area contributed by atoms with Gasteiger partial charge in [0, 0.05) is 27.9 Å². The van der Waals surface area contributed by atoms with E-state index in [1.54, 1.807) is 24.3 Å². The molecule has 0 aromatic heterocycles. The second-order valence-corrected chi connectivity index (χ2v) is 7.08. The van der Waals surface area contributed by atoms with Crippen LogP contribution in [0.1, 0.15) is 34.6 Å². The zero-order valence-electron chi connectivity index (χ0n) is 14.8. The Morgan fingerprint density at radius 1 is 1.07 bits per heavy atom. The Morgan fingerprint density at radius 2 is 1.81 bits per heavy atom. The fraction of sp³-hybridized carbons (Fsp3) is 0.200. The van der Waals surface area contributed by atoms with Crippen molar-refractivity contribution in [2.45, 2.75) is 13.8 Å². The van der Waals surface area contributed by atoms with Crippen molar-refractivity contribution in [1.29, 1.82) is 0 Å². The molecular formula is C20H17N3O4. The van der Waals surface area contributed by atoms with Crippen LogP contribution in [0.25, 0.3) is 22.2 Å². The van der Waals surface area contributed by atoms with Crippen LogP contribution in [0.15, 0.2) is 24.3 Å². The minimum absolute atomic E-state index is 0.0501. The van der Waals surface area contributed by atoms with Crippen LogP contribution in [0.2, 0.25) is 0 Å². The number of carbonyl (C=O) groups excluding carboxylic acids is 4. The lowest BCUT2D eigenvalue weighted by molar-refractivity contribution is -0.130. The molecule has 0 spiro atoms. The molecule has 4 rings (SSSR count). The second-order valence-electron chi connectivity index (χ2n) is 7.08. The summed E-state index contributed by atoms with van der Waals surface area (Å²) in [6, 6.07) is 6.70. The minimum atomic E-state index is -0.802. The quantitative estimate of drug-likeness (QED) is 0.490. The van der Waals surface area contributed by atoms with E-state index >= 15 is 0 Å². The van der Waals surface area contributed by atoms with Crippen molar-refractivity contribution in [2.24, 2.45) is 11.7 Å². The number of fused-ring (bicyclic) bond motifs is 2. The predicted octanol–water partition coefficient (Wildman–Crippen LogP) is -0.704. The van der Waals surface area contributed by atoms with E-state index in [1.807, 2.05) is 13.8 Å². The molecule has 2 amide bonds. The first-order chi connectivity index (χ1) is 12.8. The van der Waals surface area contributed by atoms with Gasteiger partial charge in [-0.05, 0) is 23.4 Å². The van der Waals surface area contributed by atoms with Gasteiger partial charge in [-0.15, -0.1) is 0 Å². The van der Waals surface area contributed by atoms with Crippen LogP contribution in [-0.4, -0.2) is 29.9 Å². The van der Waals surface area contributed by atoms with Gasteiger partial charge in [0.05, 0.1) is 17.0 Å². The van der Waals surface area contributed by atoms with Gasteiger partial charge in [-0.2, -0.15) is 0 Å². The van der Waals surface area contributed by atoms with Crippen LogP contribution in [0.4, 0.5) is 0 Å². The molecule has 2 aromatic rings. The first kappa shape index (κ1) is 17.0. The summed E-state index contributed by atoms with van der Waals surface area (Å²) in [4.78, 5) is 49.9. The highest BCUT2D eigenvalue weighted by molar-refractivity contribution is 6.62. The topological polar surface area (TPSA) is 118 Å². The lowest BCUT2D eigenvalue weighted by Crippen LogP contribution is -2.52. The number of carbonyl (C=O) groups is 4. The number of hydrogen-bond acceptors (Lipinski definition) is 6. The number of imide groups is 1. The number of benzene rings is 2. The van der Waals surface area contributed by atoms with E-state index in [4.69, 9.17) is 5.73 Å². The van der Waals surface area contributed by atoms with Gasteiger partial charge in [0.15, 0.2) is 0 Å². The molecule has 1 aliphatic carbocycles. The lowest BCUT2D eigenvalue weighted by atomic mass is 9.88. The van der Waals surface area contributed by atoms with Crippen molar-refractivity contribution in [3.05, 3.63) is 45.8 Å². The Hall–Kier alpha value is -3.48. The average molecular weight is 363 g/mol. The Balaban J connectivity index is 2.26. The highest BCUT2D eigenvalue weighted by atomic mass is 16.2. The monoisotopic (exact) mass is 363 g/mol. The molecule has 2 aliphatic rings. The van der Waals surface area contributed by atoms with Crippen molar-refractivity contribution < 1.29 is 19.2 Å². The van der Waals surface area contributed by atoms with Crippen LogP contribution < -0.4 is 26.8 Å². The van der Waals surface area contributed by atoms with Gasteiger partial charge in [-0.3, -0.25) is 24.5 Å². The lowest BCUT2D eigenvalue weighted by Gasteiger charge is -2.22. The molecule has 7 nitrogen and oxygen atoms in total. The predicted molar refractivity (Wildman–Crippen MR) is 98.9 cm³/mol. The van der Waals surface area contributed by atoms with Crippen molar-refractivity contribution in [2.75, 3.05) is 6.54 Å². The fourth-order valence-corrected chi connectivity index (χ4v) is 3.52. The van der Waals surface area contributed by atoms with Crippen LogP contribution in [0, 0.1) is 5.92 Å². The van der Waals surface area contributed by atoms with Crippen molar-refractivity contribution in [3.63, 3.8) is 0 Å². The molecule has 0 atom stereocenters. The summed E-state index contributed by atoms with van der Waals surface area (Å²) in [5, 5.41) is 6.99. The molecule has 7 heteroatoms. The maximum Gasteiger partial charge on any atom is 0.259 e. The van der Waals surface area contributed by atoms with Gasteiger partial charge in [-0.1, -0.05) is 26.0 Å². The number of amides is 2. The summed E-state index contributed by atoms with van der Waals surface area (Å²) in [5.74, 6) is -2.48. The van der Waals surface area contributed by atoms with E-state index in [1.165, 1.54) is 0 Å². The van der Waals surface area contributed by atoms with Gasteiger partial charge in [0.1, 0.15) is 0 Å². The minimum Gasteiger partial charge on any atom is -0.395 e. The molecule has 0 unspecified atom stereocenters. The van der Waals surface area contributed by atoms with E-state index in [9.17, 15) is 19.2 Å². The SMILES string of the molecule is CC(C)CNC1=c2c3c4c(cccc4cc2=C(N)C(=O)C1=O)C(=O)NC3=O. The van der Waals surface area contributed by atoms with E-state index in [0.29, 0.717) is 28.1 Å². The van der Waals surface area contributed by atoms with E-state index in [-0.39, 0.29) is 28.1 Å². The third-order valence-corrected chi connectivity index (χ3v) is 4.77. The Morgan fingerprint density at radius 3 is 2.52 bits per heavy atom. The zero-order valence-corrected chi connectivity index (χ0v) is 14.8. The molecule has 0 radical (unpaired) electrons. The Kier molecular flexibility index (Phi) is 3.62. The van der Waals surface area contributed by atoms with E-state index in [0.717, 1.165) is 0 Å². The molecular weight excluding hydrogens is 346 g/mol. The van der Waals surface area contributed by atoms with Crippen LogP contribution >= 0.6 is 0 Å². The van der Waals surface area contributed by atoms with Crippen LogP contribution in [0.3, 0.4) is 0 Å². The first-order valence-electron chi connectivity index (χ1n) is 8.59. The summed E-state index contributed by atoms with van der Waals surface area (Å²) in [6.07, 6.45) is 0. The first-order valence-corrected chi connectivity index (χ1v) is 8.59. The third kappa shape index (κ3) is 2.35. The molecule has 27 heavy (non-hydrogen) atoms. The van der Waals surface area contributed by atoms with Crippen molar-refractivity contribution in [1.82, 2.24) is 10.6 Å². The van der Waals surface area contributed by atoms with Crippen molar-refractivity contribution in [3.8, 4) is 0 Å². The van der Waals surface area contributed by atoms with Gasteiger partial charge in [0.2, 0.25) is 0 Å². The number of Topliss-reactive ketones (excluding diaryl/α,β-unsaturated/α-hetero) is 2. The summed E-state index contributed by atoms with van der Waals surface area (Å²) >= 11 is 0. The van der Waals surface area contributed by atoms with Gasteiger partial charge >= 0.3 is 0 Å². The van der Waals surface area contributed by atoms with Crippen molar-refractivity contribution >= 4 is 45.5 Å². The normalized spacial score (nSPS) is 16.1.